The second-order valence-electron chi connectivity index (χ2n) is 6.00. The monoisotopic (exact) mass is 414 g/mol. The molecule has 0 unspecified atom stereocenters. The Morgan fingerprint density at radius 2 is 0.966 bits per heavy atom. The largest absolute Gasteiger partial charge is 0.504 e. The van der Waals surface area contributed by atoms with E-state index < -0.39 is 7.92 Å². The molecule has 152 valence electrons. The lowest BCUT2D eigenvalue weighted by Crippen LogP contribution is -2.25. The lowest BCUT2D eigenvalue weighted by Gasteiger charge is -2.27. The summed E-state index contributed by atoms with van der Waals surface area (Å²) < 4.78 is 22.6. The number of ether oxygens (including phenoxy) is 4. The zero-order valence-corrected chi connectivity index (χ0v) is 17.6. The zero-order valence-electron chi connectivity index (χ0n) is 16.7. The Hall–Kier alpha value is -3.11. The molecule has 0 aliphatic rings. The summed E-state index contributed by atoms with van der Waals surface area (Å²) in [7, 11) is 4.81. The lowest BCUT2D eigenvalue weighted by molar-refractivity contribution is 0.399. The fourth-order valence-corrected chi connectivity index (χ4v) is 5.97. The summed E-state index contributed by atoms with van der Waals surface area (Å²) in [6.45, 7) is 0. The topological polar surface area (TPSA) is 77.4 Å². The highest BCUT2D eigenvalue weighted by molar-refractivity contribution is 7.80. The highest BCUT2D eigenvalue weighted by Gasteiger charge is 2.32. The zero-order chi connectivity index (χ0) is 21.0. The predicted octanol–water partition coefficient (Wildman–Crippen LogP) is 2.89. The summed E-state index contributed by atoms with van der Waals surface area (Å²) >= 11 is 0. The van der Waals surface area contributed by atoms with Gasteiger partial charge in [0.25, 0.3) is 0 Å². The molecular formula is C22H23O6P. The maximum atomic E-state index is 10.7. The molecule has 7 heteroatoms. The third-order valence-corrected chi connectivity index (χ3v) is 7.10. The van der Waals surface area contributed by atoms with Crippen LogP contribution >= 0.6 is 7.92 Å². The van der Waals surface area contributed by atoms with Crippen LogP contribution in [0, 0.1) is 0 Å². The third-order valence-electron chi connectivity index (χ3n) is 4.49. The van der Waals surface area contributed by atoms with Gasteiger partial charge in [0, 0.05) is 13.2 Å². The van der Waals surface area contributed by atoms with E-state index in [-0.39, 0.29) is 11.5 Å². The Morgan fingerprint density at radius 3 is 1.34 bits per heavy atom. The molecule has 0 aliphatic carbocycles. The number of benzene rings is 3. The molecule has 0 atom stereocenters. The van der Waals surface area contributed by atoms with Gasteiger partial charge in [0.2, 0.25) is 0 Å². The van der Waals surface area contributed by atoms with E-state index in [1.54, 1.807) is 40.6 Å². The molecular weight excluding hydrogens is 391 g/mol. The van der Waals surface area contributed by atoms with Crippen molar-refractivity contribution in [1.82, 2.24) is 0 Å². The summed E-state index contributed by atoms with van der Waals surface area (Å²) in [6, 6.07) is 15.9. The van der Waals surface area contributed by atoms with Crippen molar-refractivity contribution in [2.24, 2.45) is 0 Å². The first-order chi connectivity index (χ1) is 14.1. The van der Waals surface area contributed by atoms with E-state index in [1.165, 1.54) is 6.07 Å². The summed E-state index contributed by atoms with van der Waals surface area (Å²) in [5.41, 5.74) is 0. The van der Waals surface area contributed by atoms with Crippen molar-refractivity contribution in [1.29, 1.82) is 0 Å². The minimum Gasteiger partial charge on any atom is -0.504 e. The normalized spacial score (nSPS) is 10.7. The van der Waals surface area contributed by atoms with E-state index in [1.807, 2.05) is 36.4 Å². The van der Waals surface area contributed by atoms with Crippen LogP contribution in [0.2, 0.25) is 0 Å². The summed E-state index contributed by atoms with van der Waals surface area (Å²) in [5.74, 6) is 1.94. The highest BCUT2D eigenvalue weighted by Crippen LogP contribution is 2.48. The van der Waals surface area contributed by atoms with Gasteiger partial charge in [-0.25, -0.2) is 0 Å². The van der Waals surface area contributed by atoms with Gasteiger partial charge in [0.05, 0.1) is 39.0 Å². The Morgan fingerprint density at radius 1 is 0.586 bits per heavy atom. The maximum absolute atomic E-state index is 10.7. The van der Waals surface area contributed by atoms with Crippen LogP contribution in [0.3, 0.4) is 0 Å². The van der Waals surface area contributed by atoms with E-state index in [9.17, 15) is 10.2 Å². The molecule has 0 aliphatic heterocycles. The molecule has 0 saturated heterocycles. The Labute approximate surface area is 171 Å². The standard InChI is InChI=1S/C22H23O6P/c1-25-15-9-6-10-16(26-2)21(15)29(19-13-5-8-14(23)20(19)24)22-17(27-3)11-7-12-18(22)28-4/h5-13,23-24H,1-4H3. The first-order valence-electron chi connectivity index (χ1n) is 8.80. The number of hydrogen-bond acceptors (Lipinski definition) is 6. The van der Waals surface area contributed by atoms with Crippen molar-refractivity contribution < 1.29 is 29.2 Å². The van der Waals surface area contributed by atoms with E-state index in [4.69, 9.17) is 18.9 Å². The average molecular weight is 414 g/mol. The second-order valence-corrected chi connectivity index (χ2v) is 8.05. The second kappa shape index (κ2) is 8.93. The Bertz CT molecular complexity index is 905. The minimum absolute atomic E-state index is 0.209. The molecule has 2 N–H and O–H groups in total. The van der Waals surface area contributed by atoms with Crippen molar-refractivity contribution in [3.63, 3.8) is 0 Å². The van der Waals surface area contributed by atoms with Crippen LogP contribution in [0.1, 0.15) is 0 Å². The first-order valence-corrected chi connectivity index (χ1v) is 10.1. The number of phenols is 2. The molecule has 0 saturated carbocycles. The van der Waals surface area contributed by atoms with Crippen LogP contribution < -0.4 is 34.9 Å². The summed E-state index contributed by atoms with van der Waals surface area (Å²) in [4.78, 5) is 0. The lowest BCUT2D eigenvalue weighted by atomic mass is 10.3. The van der Waals surface area contributed by atoms with Crippen LogP contribution in [0.15, 0.2) is 54.6 Å². The molecule has 0 amide bonds. The first kappa shape index (κ1) is 20.6. The molecule has 0 spiro atoms. The van der Waals surface area contributed by atoms with Gasteiger partial charge in [0.15, 0.2) is 11.5 Å². The average Bonchev–Trinajstić information content (AvgIpc) is 2.76. The van der Waals surface area contributed by atoms with Crippen LogP contribution in [0.5, 0.6) is 34.5 Å². The van der Waals surface area contributed by atoms with Crippen molar-refractivity contribution in [3.05, 3.63) is 54.6 Å². The quantitative estimate of drug-likeness (QED) is 0.457. The van der Waals surface area contributed by atoms with Crippen LogP contribution in [-0.2, 0) is 0 Å². The number of hydrogen-bond donors (Lipinski definition) is 2. The van der Waals surface area contributed by atoms with Gasteiger partial charge in [-0.1, -0.05) is 18.2 Å². The van der Waals surface area contributed by atoms with Crippen molar-refractivity contribution >= 4 is 23.8 Å². The molecule has 0 fully saturated rings. The number of rotatable bonds is 7. The van der Waals surface area contributed by atoms with Gasteiger partial charge in [-0.05, 0) is 36.4 Å². The molecule has 0 heterocycles. The SMILES string of the molecule is COc1cccc(OC)c1P(c1cccc(O)c1O)c1c(OC)cccc1OC. The third kappa shape index (κ3) is 3.76. The summed E-state index contributed by atoms with van der Waals surface area (Å²) in [6.07, 6.45) is 0. The van der Waals surface area contributed by atoms with Crippen LogP contribution in [-0.4, -0.2) is 38.7 Å². The fraction of sp³-hybridized carbons (Fsp3) is 0.182. The maximum Gasteiger partial charge on any atom is 0.165 e. The van der Waals surface area contributed by atoms with E-state index in [0.29, 0.717) is 28.3 Å². The van der Waals surface area contributed by atoms with Crippen molar-refractivity contribution in [2.45, 2.75) is 0 Å². The van der Waals surface area contributed by atoms with E-state index >= 15 is 0 Å². The predicted molar refractivity (Wildman–Crippen MR) is 115 cm³/mol. The number of para-hydroxylation sites is 1. The van der Waals surface area contributed by atoms with Crippen molar-refractivity contribution in [3.8, 4) is 34.5 Å². The number of methoxy groups -OCH3 is 4. The van der Waals surface area contributed by atoms with Gasteiger partial charge in [-0.2, -0.15) is 0 Å². The molecule has 29 heavy (non-hydrogen) atoms. The fourth-order valence-electron chi connectivity index (χ4n) is 3.16. The van der Waals surface area contributed by atoms with E-state index in [0.717, 1.165) is 10.6 Å². The smallest absolute Gasteiger partial charge is 0.165 e. The van der Waals surface area contributed by atoms with E-state index in [2.05, 4.69) is 0 Å². The van der Waals surface area contributed by atoms with Gasteiger partial charge < -0.3 is 29.2 Å². The highest BCUT2D eigenvalue weighted by atomic mass is 31.1. The molecule has 3 aromatic rings. The van der Waals surface area contributed by atoms with Gasteiger partial charge in [-0.15, -0.1) is 0 Å². The van der Waals surface area contributed by atoms with Gasteiger partial charge >= 0.3 is 0 Å². The molecule has 0 aromatic heterocycles. The molecule has 6 nitrogen and oxygen atoms in total. The van der Waals surface area contributed by atoms with Crippen LogP contribution in [0.25, 0.3) is 0 Å². The molecule has 0 radical (unpaired) electrons. The number of phenolic OH excluding ortho intramolecular Hbond substituents is 2. The molecule has 3 aromatic carbocycles. The Balaban J connectivity index is 2.46. The molecule has 0 bridgehead atoms. The summed E-state index contributed by atoms with van der Waals surface area (Å²) in [5, 5.41) is 22.9. The van der Waals surface area contributed by atoms with Crippen molar-refractivity contribution in [2.75, 3.05) is 28.4 Å². The van der Waals surface area contributed by atoms with Crippen LogP contribution in [0.4, 0.5) is 0 Å². The minimum atomic E-state index is -1.50. The van der Waals surface area contributed by atoms with Gasteiger partial charge in [0.1, 0.15) is 23.0 Å². The number of aromatic hydroxyl groups is 2. The molecule has 3 rings (SSSR count). The van der Waals surface area contributed by atoms with Gasteiger partial charge in [-0.3, -0.25) is 0 Å². The Kier molecular flexibility index (Phi) is 6.35.